The van der Waals surface area contributed by atoms with Crippen LogP contribution in [0.5, 0.6) is 0 Å². The van der Waals surface area contributed by atoms with Gasteiger partial charge in [-0.15, -0.1) is 0 Å². The standard InChI is InChI=1S/C14H18N2O2S2/c15-8-1-3-13-4-6-14(7-5-13)20(17,18)16-9-2-11-19-12-10-16/h4-7H,2,8-12,15H2. The molecule has 0 aromatic heterocycles. The van der Waals surface area contributed by atoms with E-state index in [-0.39, 0.29) is 0 Å². The van der Waals surface area contributed by atoms with E-state index in [1.165, 1.54) is 0 Å². The second-order valence-corrected chi connectivity index (χ2v) is 7.56. The van der Waals surface area contributed by atoms with Crippen molar-refractivity contribution in [1.29, 1.82) is 0 Å². The molecule has 0 aliphatic carbocycles. The van der Waals surface area contributed by atoms with Crippen molar-refractivity contribution in [2.75, 3.05) is 31.1 Å². The van der Waals surface area contributed by atoms with Crippen LogP contribution in [0.4, 0.5) is 0 Å². The van der Waals surface area contributed by atoms with Crippen LogP contribution in [0.3, 0.4) is 0 Å². The summed E-state index contributed by atoms with van der Waals surface area (Å²) in [6.07, 6.45) is 0.907. The van der Waals surface area contributed by atoms with Crippen molar-refractivity contribution in [3.8, 4) is 11.8 Å². The maximum absolute atomic E-state index is 12.5. The first kappa shape index (κ1) is 15.4. The molecule has 0 radical (unpaired) electrons. The van der Waals surface area contributed by atoms with Gasteiger partial charge in [-0.2, -0.15) is 16.1 Å². The summed E-state index contributed by atoms with van der Waals surface area (Å²) in [7, 11) is -3.38. The summed E-state index contributed by atoms with van der Waals surface area (Å²) < 4.78 is 26.6. The fourth-order valence-electron chi connectivity index (χ4n) is 1.98. The first-order valence-corrected chi connectivity index (χ1v) is 9.11. The minimum atomic E-state index is -3.38. The lowest BCUT2D eigenvalue weighted by molar-refractivity contribution is 0.435. The third-order valence-electron chi connectivity index (χ3n) is 3.01. The third-order valence-corrected chi connectivity index (χ3v) is 5.97. The van der Waals surface area contributed by atoms with Gasteiger partial charge in [0.2, 0.25) is 10.0 Å². The van der Waals surface area contributed by atoms with E-state index in [1.54, 1.807) is 40.3 Å². The molecule has 1 heterocycles. The molecule has 1 aromatic rings. The predicted octanol–water partition coefficient (Wildman–Crippen LogP) is 1.12. The highest BCUT2D eigenvalue weighted by Crippen LogP contribution is 2.20. The van der Waals surface area contributed by atoms with Gasteiger partial charge in [0.1, 0.15) is 0 Å². The first-order chi connectivity index (χ1) is 9.64. The van der Waals surface area contributed by atoms with Gasteiger partial charge in [-0.1, -0.05) is 11.8 Å². The SMILES string of the molecule is NCC#Cc1ccc(S(=O)(=O)N2CCCSCC2)cc1. The van der Waals surface area contributed by atoms with Gasteiger partial charge >= 0.3 is 0 Å². The Labute approximate surface area is 124 Å². The van der Waals surface area contributed by atoms with Gasteiger partial charge in [0, 0.05) is 24.4 Å². The summed E-state index contributed by atoms with van der Waals surface area (Å²) in [5.41, 5.74) is 6.09. The van der Waals surface area contributed by atoms with E-state index in [9.17, 15) is 8.42 Å². The molecule has 1 aliphatic rings. The van der Waals surface area contributed by atoms with E-state index in [1.807, 2.05) is 0 Å². The minimum absolute atomic E-state index is 0.297. The van der Waals surface area contributed by atoms with E-state index in [4.69, 9.17) is 5.73 Å². The van der Waals surface area contributed by atoms with E-state index < -0.39 is 10.0 Å². The van der Waals surface area contributed by atoms with Crippen LogP contribution in [0.2, 0.25) is 0 Å². The van der Waals surface area contributed by atoms with Crippen LogP contribution in [-0.2, 0) is 10.0 Å². The lowest BCUT2D eigenvalue weighted by atomic mass is 10.2. The van der Waals surface area contributed by atoms with Gasteiger partial charge in [-0.25, -0.2) is 8.42 Å². The second-order valence-electron chi connectivity index (χ2n) is 4.40. The van der Waals surface area contributed by atoms with Crippen LogP contribution in [0.25, 0.3) is 0 Å². The molecule has 108 valence electrons. The number of hydrogen-bond donors (Lipinski definition) is 1. The van der Waals surface area contributed by atoms with Crippen molar-refractivity contribution >= 4 is 21.8 Å². The number of nitrogens with two attached hydrogens (primary N) is 1. The van der Waals surface area contributed by atoms with Crippen molar-refractivity contribution in [3.63, 3.8) is 0 Å². The molecule has 1 fully saturated rings. The molecule has 4 nitrogen and oxygen atoms in total. The van der Waals surface area contributed by atoms with Gasteiger partial charge in [0.05, 0.1) is 11.4 Å². The Bertz CT molecular complexity index is 592. The highest BCUT2D eigenvalue weighted by atomic mass is 32.2. The normalized spacial score (nSPS) is 17.1. The maximum atomic E-state index is 12.5. The Hall–Kier alpha value is -1.00. The Morgan fingerprint density at radius 2 is 1.95 bits per heavy atom. The first-order valence-electron chi connectivity index (χ1n) is 6.51. The molecule has 0 amide bonds. The van der Waals surface area contributed by atoms with Crippen LogP contribution in [0.1, 0.15) is 12.0 Å². The smallest absolute Gasteiger partial charge is 0.243 e. The predicted molar refractivity (Wildman–Crippen MR) is 83.1 cm³/mol. The van der Waals surface area contributed by atoms with E-state index in [2.05, 4.69) is 11.8 Å². The topological polar surface area (TPSA) is 63.4 Å². The van der Waals surface area contributed by atoms with Gasteiger partial charge in [0.15, 0.2) is 0 Å². The Kier molecular flexibility index (Phi) is 5.49. The van der Waals surface area contributed by atoms with Crippen molar-refractivity contribution in [3.05, 3.63) is 29.8 Å². The lowest BCUT2D eigenvalue weighted by Crippen LogP contribution is -2.32. The average Bonchev–Trinajstić information content (AvgIpc) is 2.75. The number of benzene rings is 1. The molecule has 1 aromatic carbocycles. The Balaban J connectivity index is 2.20. The molecule has 1 aliphatic heterocycles. The number of thioether (sulfide) groups is 1. The molecule has 1 saturated heterocycles. The molecule has 2 N–H and O–H groups in total. The highest BCUT2D eigenvalue weighted by Gasteiger charge is 2.24. The molecular formula is C14H18N2O2S2. The van der Waals surface area contributed by atoms with Gasteiger partial charge in [0.25, 0.3) is 0 Å². The monoisotopic (exact) mass is 310 g/mol. The van der Waals surface area contributed by atoms with E-state index in [0.29, 0.717) is 24.5 Å². The van der Waals surface area contributed by atoms with Crippen LogP contribution in [0, 0.1) is 11.8 Å². The van der Waals surface area contributed by atoms with Crippen molar-refractivity contribution in [2.24, 2.45) is 5.73 Å². The zero-order valence-corrected chi connectivity index (χ0v) is 12.8. The summed E-state index contributed by atoms with van der Waals surface area (Å²) in [4.78, 5) is 0.336. The fourth-order valence-corrected chi connectivity index (χ4v) is 4.46. The quantitative estimate of drug-likeness (QED) is 0.832. The van der Waals surface area contributed by atoms with Crippen molar-refractivity contribution in [1.82, 2.24) is 4.31 Å². The van der Waals surface area contributed by atoms with E-state index in [0.717, 1.165) is 23.5 Å². The van der Waals surface area contributed by atoms with Gasteiger partial charge in [-0.05, 0) is 36.4 Å². The molecule has 0 atom stereocenters. The average molecular weight is 310 g/mol. The molecule has 0 saturated carbocycles. The zero-order chi connectivity index (χ0) is 14.4. The highest BCUT2D eigenvalue weighted by molar-refractivity contribution is 7.99. The third kappa shape index (κ3) is 3.76. The Morgan fingerprint density at radius 3 is 2.65 bits per heavy atom. The summed E-state index contributed by atoms with van der Waals surface area (Å²) in [6, 6.07) is 6.69. The fraction of sp³-hybridized carbons (Fsp3) is 0.429. The van der Waals surface area contributed by atoms with Crippen LogP contribution in [0.15, 0.2) is 29.2 Å². The number of hydrogen-bond acceptors (Lipinski definition) is 4. The summed E-state index contributed by atoms with van der Waals surface area (Å²) >= 11 is 1.81. The van der Waals surface area contributed by atoms with Gasteiger partial charge < -0.3 is 5.73 Å². The summed E-state index contributed by atoms with van der Waals surface area (Å²) in [6.45, 7) is 1.48. The number of sulfonamides is 1. The number of nitrogens with zero attached hydrogens (tertiary/aromatic N) is 1. The number of rotatable bonds is 2. The molecule has 0 spiro atoms. The summed E-state index contributed by atoms with van der Waals surface area (Å²) in [5, 5.41) is 0. The van der Waals surface area contributed by atoms with Crippen molar-refractivity contribution < 1.29 is 8.42 Å². The largest absolute Gasteiger partial charge is 0.320 e. The molecule has 20 heavy (non-hydrogen) atoms. The maximum Gasteiger partial charge on any atom is 0.243 e. The molecule has 0 unspecified atom stereocenters. The minimum Gasteiger partial charge on any atom is -0.320 e. The van der Waals surface area contributed by atoms with Crippen LogP contribution < -0.4 is 5.73 Å². The van der Waals surface area contributed by atoms with Crippen LogP contribution in [-0.4, -0.2) is 43.9 Å². The summed E-state index contributed by atoms with van der Waals surface area (Å²) in [5.74, 6) is 7.52. The lowest BCUT2D eigenvalue weighted by Gasteiger charge is -2.19. The van der Waals surface area contributed by atoms with E-state index >= 15 is 0 Å². The van der Waals surface area contributed by atoms with Crippen LogP contribution >= 0.6 is 11.8 Å². The molecule has 0 bridgehead atoms. The molecular weight excluding hydrogens is 292 g/mol. The molecule has 2 rings (SSSR count). The van der Waals surface area contributed by atoms with Gasteiger partial charge in [-0.3, -0.25) is 0 Å². The zero-order valence-electron chi connectivity index (χ0n) is 11.2. The van der Waals surface area contributed by atoms with Crippen molar-refractivity contribution in [2.45, 2.75) is 11.3 Å². The molecule has 6 heteroatoms. The Morgan fingerprint density at radius 1 is 1.20 bits per heavy atom. The second kappa shape index (κ2) is 7.14.